The van der Waals surface area contributed by atoms with Crippen molar-refractivity contribution in [2.75, 3.05) is 21.1 Å². The van der Waals surface area contributed by atoms with Crippen molar-refractivity contribution in [2.24, 2.45) is 0 Å². The van der Waals surface area contributed by atoms with Gasteiger partial charge in [0.05, 0.1) is 27.2 Å². The molecule has 0 aromatic rings. The van der Waals surface area contributed by atoms with Gasteiger partial charge in [-0.15, -0.1) is 0 Å². The lowest BCUT2D eigenvalue weighted by Gasteiger charge is -2.34. The molecule has 22 heavy (non-hydrogen) atoms. The molecular formula is C21H46N+. The molecule has 0 saturated carbocycles. The van der Waals surface area contributed by atoms with Crippen molar-refractivity contribution in [2.45, 2.75) is 116 Å². The SMILES string of the molecule is CCCCCCCCCCCCCC(CCCC)[N+](C)(C)C. The van der Waals surface area contributed by atoms with Gasteiger partial charge in [-0.05, 0) is 25.7 Å². The van der Waals surface area contributed by atoms with Crippen molar-refractivity contribution >= 4 is 0 Å². The Balaban J connectivity index is 3.46. The molecular weight excluding hydrogens is 266 g/mol. The van der Waals surface area contributed by atoms with Gasteiger partial charge in [0.15, 0.2) is 0 Å². The van der Waals surface area contributed by atoms with E-state index in [4.69, 9.17) is 0 Å². The Morgan fingerprint density at radius 2 is 0.864 bits per heavy atom. The van der Waals surface area contributed by atoms with E-state index < -0.39 is 0 Å². The molecule has 1 nitrogen and oxygen atoms in total. The highest BCUT2D eigenvalue weighted by atomic mass is 15.3. The third-order valence-corrected chi connectivity index (χ3v) is 5.13. The van der Waals surface area contributed by atoms with Gasteiger partial charge in [0.25, 0.3) is 0 Å². The smallest absolute Gasteiger partial charge is 0.0884 e. The number of quaternary nitrogens is 1. The molecule has 1 atom stereocenters. The fourth-order valence-electron chi connectivity index (χ4n) is 3.40. The molecule has 0 radical (unpaired) electrons. The summed E-state index contributed by atoms with van der Waals surface area (Å²) in [5, 5.41) is 0. The Morgan fingerprint density at radius 1 is 0.500 bits per heavy atom. The van der Waals surface area contributed by atoms with E-state index in [9.17, 15) is 0 Å². The summed E-state index contributed by atoms with van der Waals surface area (Å²) in [6.07, 6.45) is 21.6. The molecule has 0 fully saturated rings. The van der Waals surface area contributed by atoms with Gasteiger partial charge in [-0.3, -0.25) is 0 Å². The van der Waals surface area contributed by atoms with Crippen LogP contribution in [0, 0.1) is 0 Å². The fourth-order valence-corrected chi connectivity index (χ4v) is 3.40. The van der Waals surface area contributed by atoms with Gasteiger partial charge < -0.3 is 4.48 Å². The van der Waals surface area contributed by atoms with Gasteiger partial charge in [-0.2, -0.15) is 0 Å². The molecule has 0 amide bonds. The van der Waals surface area contributed by atoms with E-state index in [0.29, 0.717) is 0 Å². The van der Waals surface area contributed by atoms with Crippen LogP contribution in [0.3, 0.4) is 0 Å². The third-order valence-electron chi connectivity index (χ3n) is 5.13. The van der Waals surface area contributed by atoms with Gasteiger partial charge in [-0.1, -0.05) is 84.5 Å². The van der Waals surface area contributed by atoms with Crippen LogP contribution in [-0.2, 0) is 0 Å². The molecule has 0 aromatic heterocycles. The van der Waals surface area contributed by atoms with Crippen LogP contribution >= 0.6 is 0 Å². The first-order valence-electron chi connectivity index (χ1n) is 10.3. The first-order chi connectivity index (χ1) is 10.5. The maximum absolute atomic E-state index is 2.37. The van der Waals surface area contributed by atoms with Crippen LogP contribution in [-0.4, -0.2) is 31.7 Å². The third kappa shape index (κ3) is 13.6. The Hall–Kier alpha value is -0.0400. The first kappa shape index (κ1) is 22.0. The Bertz CT molecular complexity index is 216. The van der Waals surface area contributed by atoms with Crippen molar-refractivity contribution in [1.82, 2.24) is 0 Å². The summed E-state index contributed by atoms with van der Waals surface area (Å²) in [7, 11) is 7.12. The fraction of sp³-hybridized carbons (Fsp3) is 1.00. The zero-order valence-corrected chi connectivity index (χ0v) is 16.6. The molecule has 0 N–H and O–H groups in total. The van der Waals surface area contributed by atoms with Crippen LogP contribution in [0.25, 0.3) is 0 Å². The van der Waals surface area contributed by atoms with Gasteiger partial charge in [0.1, 0.15) is 0 Å². The summed E-state index contributed by atoms with van der Waals surface area (Å²) in [6.45, 7) is 4.61. The Kier molecular flexibility index (Phi) is 14.5. The molecule has 1 unspecified atom stereocenters. The van der Waals surface area contributed by atoms with E-state index in [1.807, 2.05) is 0 Å². The van der Waals surface area contributed by atoms with Crippen LogP contribution in [0.1, 0.15) is 110 Å². The molecule has 0 saturated heterocycles. The number of nitrogens with zero attached hydrogens (tertiary/aromatic N) is 1. The molecule has 0 spiro atoms. The summed E-state index contributed by atoms with van der Waals surface area (Å²) in [5.74, 6) is 0. The lowest BCUT2D eigenvalue weighted by Crippen LogP contribution is -2.45. The average Bonchev–Trinajstić information content (AvgIpc) is 2.46. The summed E-state index contributed by atoms with van der Waals surface area (Å²) >= 11 is 0. The number of hydrogen-bond donors (Lipinski definition) is 0. The van der Waals surface area contributed by atoms with Crippen LogP contribution in [0.4, 0.5) is 0 Å². The predicted octanol–water partition coefficient (Wildman–Crippen LogP) is 6.95. The van der Waals surface area contributed by atoms with Crippen LogP contribution < -0.4 is 0 Å². The van der Waals surface area contributed by atoms with Crippen molar-refractivity contribution in [3.05, 3.63) is 0 Å². The summed E-state index contributed by atoms with van der Waals surface area (Å²) in [4.78, 5) is 0. The molecule has 0 aliphatic heterocycles. The lowest BCUT2D eigenvalue weighted by atomic mass is 9.99. The van der Waals surface area contributed by atoms with E-state index in [2.05, 4.69) is 35.0 Å². The van der Waals surface area contributed by atoms with E-state index in [1.54, 1.807) is 0 Å². The van der Waals surface area contributed by atoms with Gasteiger partial charge in [-0.25, -0.2) is 0 Å². The molecule has 0 heterocycles. The topological polar surface area (TPSA) is 0 Å². The zero-order chi connectivity index (χ0) is 16.7. The van der Waals surface area contributed by atoms with Gasteiger partial charge >= 0.3 is 0 Å². The predicted molar refractivity (Wildman–Crippen MR) is 102 cm³/mol. The molecule has 0 rings (SSSR count). The maximum atomic E-state index is 2.37. The summed E-state index contributed by atoms with van der Waals surface area (Å²) in [6, 6.07) is 0.874. The molecule has 1 heteroatoms. The van der Waals surface area contributed by atoms with Crippen molar-refractivity contribution in [3.8, 4) is 0 Å². The molecule has 0 aliphatic carbocycles. The van der Waals surface area contributed by atoms with Crippen LogP contribution in [0.2, 0.25) is 0 Å². The standard InChI is InChI=1S/C21H46N/c1-6-8-10-11-12-13-14-15-16-17-18-20-21(19-9-7-2)22(3,4)5/h21H,6-20H2,1-5H3/q+1. The molecule has 0 aliphatic rings. The van der Waals surface area contributed by atoms with Crippen LogP contribution in [0.5, 0.6) is 0 Å². The Morgan fingerprint density at radius 3 is 1.27 bits per heavy atom. The van der Waals surface area contributed by atoms with Crippen molar-refractivity contribution in [1.29, 1.82) is 0 Å². The summed E-state index contributed by atoms with van der Waals surface area (Å²) < 4.78 is 1.15. The zero-order valence-electron chi connectivity index (χ0n) is 16.6. The minimum atomic E-state index is 0.874. The highest BCUT2D eigenvalue weighted by molar-refractivity contribution is 4.59. The second-order valence-electron chi connectivity index (χ2n) is 8.24. The van der Waals surface area contributed by atoms with Crippen molar-refractivity contribution < 1.29 is 4.48 Å². The Labute approximate surface area is 142 Å². The van der Waals surface area contributed by atoms with E-state index in [1.165, 1.54) is 96.3 Å². The minimum Gasteiger partial charge on any atom is -0.328 e. The second kappa shape index (κ2) is 14.5. The van der Waals surface area contributed by atoms with E-state index in [-0.39, 0.29) is 0 Å². The quantitative estimate of drug-likeness (QED) is 0.213. The first-order valence-corrected chi connectivity index (χ1v) is 10.3. The van der Waals surface area contributed by atoms with Crippen LogP contribution in [0.15, 0.2) is 0 Å². The summed E-state index contributed by atoms with van der Waals surface area (Å²) in [5.41, 5.74) is 0. The molecule has 0 aromatic carbocycles. The highest BCUT2D eigenvalue weighted by Crippen LogP contribution is 2.19. The number of rotatable bonds is 16. The highest BCUT2D eigenvalue weighted by Gasteiger charge is 2.22. The lowest BCUT2D eigenvalue weighted by molar-refractivity contribution is -0.896. The van der Waals surface area contributed by atoms with E-state index in [0.717, 1.165) is 10.5 Å². The molecule has 134 valence electrons. The normalized spacial score (nSPS) is 13.5. The molecule has 0 bridgehead atoms. The average molecular weight is 313 g/mol. The maximum Gasteiger partial charge on any atom is 0.0884 e. The van der Waals surface area contributed by atoms with Gasteiger partial charge in [0, 0.05) is 0 Å². The van der Waals surface area contributed by atoms with Crippen molar-refractivity contribution in [3.63, 3.8) is 0 Å². The van der Waals surface area contributed by atoms with Gasteiger partial charge in [0.2, 0.25) is 0 Å². The number of hydrogen-bond acceptors (Lipinski definition) is 0. The largest absolute Gasteiger partial charge is 0.328 e. The number of unbranched alkanes of at least 4 members (excludes halogenated alkanes) is 11. The van der Waals surface area contributed by atoms with E-state index >= 15 is 0 Å². The second-order valence-corrected chi connectivity index (χ2v) is 8.24. The minimum absolute atomic E-state index is 0.874. The monoisotopic (exact) mass is 312 g/mol.